The van der Waals surface area contributed by atoms with Crippen molar-refractivity contribution < 1.29 is 4.74 Å². The second kappa shape index (κ2) is 9.50. The van der Waals surface area contributed by atoms with Gasteiger partial charge >= 0.3 is 0 Å². The van der Waals surface area contributed by atoms with Crippen molar-refractivity contribution in [3.63, 3.8) is 0 Å². The molecule has 156 valence electrons. The molecule has 0 aliphatic rings. The topological polar surface area (TPSA) is 30.3 Å². The summed E-state index contributed by atoms with van der Waals surface area (Å²) in [6.45, 7) is 8.95. The fourth-order valence-corrected chi connectivity index (χ4v) is 4.07. The minimum absolute atomic E-state index is 0.426. The lowest BCUT2D eigenvalue weighted by molar-refractivity contribution is 0.279. The number of aromatic nitrogens is 2. The maximum absolute atomic E-state index is 6.28. The van der Waals surface area contributed by atoms with Crippen molar-refractivity contribution in [2.45, 2.75) is 33.4 Å². The van der Waals surface area contributed by atoms with Crippen LogP contribution in [0.1, 0.15) is 26.1 Å². The Balaban J connectivity index is 1.55. The summed E-state index contributed by atoms with van der Waals surface area (Å²) in [4.78, 5) is 7.28. The molecule has 0 radical (unpaired) electrons. The summed E-state index contributed by atoms with van der Waals surface area (Å²) in [5, 5.41) is 3.12. The zero-order chi connectivity index (χ0) is 20.9. The van der Waals surface area contributed by atoms with E-state index >= 15 is 0 Å². The van der Waals surface area contributed by atoms with Gasteiger partial charge in [-0.1, -0.05) is 55.8 Å². The van der Waals surface area contributed by atoms with Crippen LogP contribution in [0.4, 0.5) is 0 Å². The summed E-state index contributed by atoms with van der Waals surface area (Å²) in [6, 6.07) is 20.4. The lowest BCUT2D eigenvalue weighted by Crippen LogP contribution is -2.25. The van der Waals surface area contributed by atoms with Crippen molar-refractivity contribution in [3.05, 3.63) is 71.5 Å². The fourth-order valence-electron chi connectivity index (χ4n) is 3.90. The monoisotopic (exact) mass is 421 g/mol. The molecule has 30 heavy (non-hydrogen) atoms. The first kappa shape index (κ1) is 20.7. The first-order valence-electron chi connectivity index (χ1n) is 10.7. The van der Waals surface area contributed by atoms with Crippen molar-refractivity contribution in [2.24, 2.45) is 0 Å². The third kappa shape index (κ3) is 4.61. The van der Waals surface area contributed by atoms with E-state index in [9.17, 15) is 0 Å². The molecule has 0 aliphatic heterocycles. The van der Waals surface area contributed by atoms with Crippen molar-refractivity contribution in [3.8, 4) is 5.75 Å². The van der Waals surface area contributed by atoms with Crippen LogP contribution in [0.25, 0.3) is 21.8 Å². The Kier molecular flexibility index (Phi) is 6.56. The summed E-state index contributed by atoms with van der Waals surface area (Å²) in [5.41, 5.74) is 2.03. The molecule has 4 rings (SSSR count). The quantitative estimate of drug-likeness (QED) is 0.324. The molecule has 0 saturated carbocycles. The molecule has 0 spiro atoms. The highest BCUT2D eigenvalue weighted by atomic mass is 35.5. The zero-order valence-electron chi connectivity index (χ0n) is 17.6. The predicted molar refractivity (Wildman–Crippen MR) is 125 cm³/mol. The summed E-state index contributed by atoms with van der Waals surface area (Å²) >= 11 is 6.28. The van der Waals surface area contributed by atoms with Crippen LogP contribution in [0.2, 0.25) is 5.02 Å². The summed E-state index contributed by atoms with van der Waals surface area (Å²) in [5.74, 6) is 1.79. The van der Waals surface area contributed by atoms with Gasteiger partial charge in [-0.3, -0.25) is 0 Å². The summed E-state index contributed by atoms with van der Waals surface area (Å²) in [6.07, 6.45) is 1.06. The van der Waals surface area contributed by atoms with Crippen LogP contribution < -0.4 is 4.74 Å². The second-order valence-electron chi connectivity index (χ2n) is 7.49. The third-order valence-corrected chi connectivity index (χ3v) is 5.86. The SMILES string of the molecule is CCN(CC)CCCn1c(COc2ccc3ccccc3c2)nc2ccc(Cl)cc21. The van der Waals surface area contributed by atoms with E-state index in [2.05, 4.69) is 53.6 Å². The number of benzene rings is 3. The number of ether oxygens (including phenoxy) is 1. The molecule has 4 nitrogen and oxygen atoms in total. The number of nitrogens with zero attached hydrogens (tertiary/aromatic N) is 3. The molecule has 0 fully saturated rings. The van der Waals surface area contributed by atoms with Gasteiger partial charge in [-0.15, -0.1) is 0 Å². The Morgan fingerprint density at radius 2 is 1.77 bits per heavy atom. The lowest BCUT2D eigenvalue weighted by Gasteiger charge is -2.18. The number of hydrogen-bond donors (Lipinski definition) is 0. The van der Waals surface area contributed by atoms with Gasteiger partial charge in [0.05, 0.1) is 11.0 Å². The fraction of sp³-hybridized carbons (Fsp3) is 0.320. The van der Waals surface area contributed by atoms with Crippen molar-refractivity contribution >= 4 is 33.4 Å². The van der Waals surface area contributed by atoms with E-state index in [1.165, 1.54) is 10.8 Å². The van der Waals surface area contributed by atoms with E-state index in [0.29, 0.717) is 6.61 Å². The van der Waals surface area contributed by atoms with Crippen LogP contribution in [-0.4, -0.2) is 34.1 Å². The molecular formula is C25H28ClN3O. The Labute approximate surface area is 183 Å². The minimum atomic E-state index is 0.426. The number of rotatable bonds is 9. The van der Waals surface area contributed by atoms with Gasteiger partial charge in [0, 0.05) is 11.6 Å². The zero-order valence-corrected chi connectivity index (χ0v) is 18.4. The number of aryl methyl sites for hydroxylation is 1. The van der Waals surface area contributed by atoms with Gasteiger partial charge in [-0.05, 0) is 67.2 Å². The third-order valence-electron chi connectivity index (χ3n) is 5.63. The molecular weight excluding hydrogens is 394 g/mol. The largest absolute Gasteiger partial charge is 0.486 e. The Hall–Kier alpha value is -2.56. The number of hydrogen-bond acceptors (Lipinski definition) is 3. The normalized spacial score (nSPS) is 11.6. The Morgan fingerprint density at radius 1 is 0.967 bits per heavy atom. The number of imidazole rings is 1. The first-order chi connectivity index (χ1) is 14.7. The maximum Gasteiger partial charge on any atom is 0.147 e. The van der Waals surface area contributed by atoms with Crippen LogP contribution in [0.5, 0.6) is 5.75 Å². The molecule has 1 heterocycles. The molecule has 0 bridgehead atoms. The smallest absolute Gasteiger partial charge is 0.147 e. The summed E-state index contributed by atoms with van der Waals surface area (Å²) in [7, 11) is 0. The number of halogens is 1. The molecule has 1 aromatic heterocycles. The predicted octanol–water partition coefficient (Wildman–Crippen LogP) is 6.15. The lowest BCUT2D eigenvalue weighted by atomic mass is 10.1. The molecule has 3 aromatic carbocycles. The van der Waals surface area contributed by atoms with Gasteiger partial charge in [-0.25, -0.2) is 4.98 Å². The highest BCUT2D eigenvalue weighted by molar-refractivity contribution is 6.31. The van der Waals surface area contributed by atoms with E-state index in [4.69, 9.17) is 21.3 Å². The van der Waals surface area contributed by atoms with Crippen LogP contribution in [-0.2, 0) is 13.2 Å². The van der Waals surface area contributed by atoms with E-state index in [1.54, 1.807) is 0 Å². The standard InChI is InChI=1S/C25H28ClN3O/c1-3-28(4-2)14-7-15-29-24-17-21(26)11-13-23(24)27-25(29)18-30-22-12-10-19-8-5-6-9-20(19)16-22/h5-6,8-13,16-17H,3-4,7,14-15,18H2,1-2H3. The second-order valence-corrected chi connectivity index (χ2v) is 7.93. The van der Waals surface area contributed by atoms with Gasteiger partial charge < -0.3 is 14.2 Å². The molecule has 0 atom stereocenters. The molecule has 5 heteroatoms. The van der Waals surface area contributed by atoms with Gasteiger partial charge in [0.1, 0.15) is 18.2 Å². The highest BCUT2D eigenvalue weighted by Crippen LogP contribution is 2.24. The van der Waals surface area contributed by atoms with E-state index in [0.717, 1.165) is 60.2 Å². The van der Waals surface area contributed by atoms with E-state index < -0.39 is 0 Å². The maximum atomic E-state index is 6.28. The van der Waals surface area contributed by atoms with Gasteiger partial charge in [0.2, 0.25) is 0 Å². The van der Waals surface area contributed by atoms with Crippen molar-refractivity contribution in [1.29, 1.82) is 0 Å². The van der Waals surface area contributed by atoms with Crippen LogP contribution in [0.15, 0.2) is 60.7 Å². The van der Waals surface area contributed by atoms with E-state index in [1.807, 2.05) is 30.3 Å². The average Bonchev–Trinajstić information content (AvgIpc) is 3.11. The van der Waals surface area contributed by atoms with Crippen molar-refractivity contribution in [1.82, 2.24) is 14.5 Å². The minimum Gasteiger partial charge on any atom is -0.486 e. The van der Waals surface area contributed by atoms with Crippen LogP contribution >= 0.6 is 11.6 Å². The first-order valence-corrected chi connectivity index (χ1v) is 11.0. The van der Waals surface area contributed by atoms with Gasteiger partial charge in [0.25, 0.3) is 0 Å². The number of fused-ring (bicyclic) bond motifs is 2. The highest BCUT2D eigenvalue weighted by Gasteiger charge is 2.13. The molecule has 4 aromatic rings. The van der Waals surface area contributed by atoms with Crippen LogP contribution in [0, 0.1) is 0 Å². The Morgan fingerprint density at radius 3 is 2.57 bits per heavy atom. The molecule has 0 N–H and O–H groups in total. The Bertz CT molecular complexity index is 1130. The molecule has 0 aliphatic carbocycles. The molecule has 0 saturated heterocycles. The molecule has 0 unspecified atom stereocenters. The molecule has 0 amide bonds. The van der Waals surface area contributed by atoms with Gasteiger partial charge in [-0.2, -0.15) is 0 Å². The average molecular weight is 422 g/mol. The van der Waals surface area contributed by atoms with E-state index in [-0.39, 0.29) is 0 Å². The summed E-state index contributed by atoms with van der Waals surface area (Å²) < 4.78 is 8.40. The van der Waals surface area contributed by atoms with Gasteiger partial charge in [0.15, 0.2) is 0 Å². The van der Waals surface area contributed by atoms with Crippen LogP contribution in [0.3, 0.4) is 0 Å². The van der Waals surface area contributed by atoms with Crippen molar-refractivity contribution in [2.75, 3.05) is 19.6 Å².